The number of nitrogens with zero attached hydrogens (tertiary/aromatic N) is 4. The number of carbonyl (C=O) groups excluding carboxylic acids is 3. The maximum absolute atomic E-state index is 12.5. The molecule has 9 heteroatoms. The van der Waals surface area contributed by atoms with E-state index < -0.39 is 0 Å². The van der Waals surface area contributed by atoms with Gasteiger partial charge in [-0.1, -0.05) is 28.9 Å². The van der Waals surface area contributed by atoms with Gasteiger partial charge in [-0.2, -0.15) is 4.98 Å². The summed E-state index contributed by atoms with van der Waals surface area (Å²) in [6.07, 6.45) is 5.12. The molecular weight excluding hydrogens is 408 g/mol. The highest BCUT2D eigenvalue weighted by molar-refractivity contribution is 6.30. The lowest BCUT2D eigenvalue weighted by Gasteiger charge is -2.18. The van der Waals surface area contributed by atoms with Gasteiger partial charge in [-0.25, -0.2) is 0 Å². The molecule has 3 amide bonds. The van der Waals surface area contributed by atoms with Gasteiger partial charge in [-0.3, -0.25) is 19.3 Å². The number of halogens is 1. The van der Waals surface area contributed by atoms with Crippen LogP contribution < -0.4 is 0 Å². The second kappa shape index (κ2) is 8.39. The molecule has 1 fully saturated rings. The van der Waals surface area contributed by atoms with Crippen LogP contribution in [0.4, 0.5) is 0 Å². The van der Waals surface area contributed by atoms with Crippen molar-refractivity contribution in [3.63, 3.8) is 0 Å². The fourth-order valence-electron chi connectivity index (χ4n) is 3.81. The van der Waals surface area contributed by atoms with Gasteiger partial charge < -0.3 is 9.42 Å². The highest BCUT2D eigenvalue weighted by atomic mass is 35.5. The normalized spacial score (nSPS) is 20.5. The Morgan fingerprint density at radius 3 is 2.43 bits per heavy atom. The van der Waals surface area contributed by atoms with Crippen molar-refractivity contribution < 1.29 is 18.9 Å². The molecule has 156 valence electrons. The largest absolute Gasteiger partial charge is 0.337 e. The van der Waals surface area contributed by atoms with Gasteiger partial charge in [0, 0.05) is 30.6 Å². The monoisotopic (exact) mass is 428 g/mol. The lowest BCUT2D eigenvalue weighted by atomic mass is 9.85. The number of fused-ring (bicyclic) bond motifs is 1. The summed E-state index contributed by atoms with van der Waals surface area (Å²) in [5, 5.41) is 4.54. The molecule has 1 aliphatic heterocycles. The zero-order valence-corrected chi connectivity index (χ0v) is 17.2. The van der Waals surface area contributed by atoms with Gasteiger partial charge >= 0.3 is 0 Å². The summed E-state index contributed by atoms with van der Waals surface area (Å²) < 4.78 is 5.23. The highest BCUT2D eigenvalue weighted by Crippen LogP contribution is 2.35. The number of likely N-dealkylation sites (tertiary alicyclic amines) is 1. The Labute approximate surface area is 178 Å². The van der Waals surface area contributed by atoms with Crippen molar-refractivity contribution in [3.05, 3.63) is 47.3 Å². The summed E-state index contributed by atoms with van der Waals surface area (Å²) in [5.41, 5.74) is 0.755. The van der Waals surface area contributed by atoms with E-state index in [1.54, 1.807) is 31.3 Å². The van der Waals surface area contributed by atoms with Gasteiger partial charge in [-0.05, 0) is 37.1 Å². The van der Waals surface area contributed by atoms with Gasteiger partial charge in [0.25, 0.3) is 0 Å². The molecule has 0 bridgehead atoms. The van der Waals surface area contributed by atoms with E-state index in [0.717, 1.165) is 5.56 Å². The highest BCUT2D eigenvalue weighted by Gasteiger charge is 2.46. The van der Waals surface area contributed by atoms with Crippen LogP contribution in [0.25, 0.3) is 11.4 Å². The van der Waals surface area contributed by atoms with E-state index in [4.69, 9.17) is 16.1 Å². The summed E-state index contributed by atoms with van der Waals surface area (Å²) in [5.74, 6) is -0.410. The molecule has 0 N–H and O–H groups in total. The smallest absolute Gasteiger partial charge is 0.246 e. The van der Waals surface area contributed by atoms with Crippen LogP contribution in [0.15, 0.2) is 40.9 Å². The first-order valence-electron chi connectivity index (χ1n) is 9.76. The van der Waals surface area contributed by atoms with E-state index in [-0.39, 0.29) is 49.1 Å². The first kappa shape index (κ1) is 20.3. The topological polar surface area (TPSA) is 96.6 Å². The van der Waals surface area contributed by atoms with E-state index in [0.29, 0.717) is 29.6 Å². The second-order valence-corrected chi connectivity index (χ2v) is 7.94. The molecule has 2 aromatic rings. The third kappa shape index (κ3) is 4.00. The minimum absolute atomic E-state index is 0.0546. The standard InChI is InChI=1S/C21H21ClN4O4/c1-25(12-17-23-19(24-30-17)13-6-8-14(22)9-7-13)18(27)10-11-26-20(28)15-4-2-3-5-16(15)21(26)29/h2-3,6-9,15-16H,4-5,10-12H2,1H3/t15-,16-/m0/s1. The molecule has 1 saturated heterocycles. The lowest BCUT2D eigenvalue weighted by Crippen LogP contribution is -2.36. The summed E-state index contributed by atoms with van der Waals surface area (Å²) >= 11 is 5.88. The van der Waals surface area contributed by atoms with Gasteiger partial charge in [0.1, 0.15) is 0 Å². The fraction of sp³-hybridized carbons (Fsp3) is 0.381. The molecule has 0 spiro atoms. The number of benzene rings is 1. The minimum atomic E-state index is -0.278. The number of imide groups is 1. The van der Waals surface area contributed by atoms with Crippen molar-refractivity contribution in [1.29, 1.82) is 0 Å². The lowest BCUT2D eigenvalue weighted by molar-refractivity contribution is -0.140. The van der Waals surface area contributed by atoms with Crippen molar-refractivity contribution in [3.8, 4) is 11.4 Å². The zero-order chi connectivity index (χ0) is 21.3. The number of allylic oxidation sites excluding steroid dienone is 2. The molecule has 0 unspecified atom stereocenters. The molecule has 1 aromatic carbocycles. The van der Waals surface area contributed by atoms with Crippen LogP contribution in [-0.2, 0) is 20.9 Å². The average Bonchev–Trinajstić information content (AvgIpc) is 3.30. The van der Waals surface area contributed by atoms with Crippen molar-refractivity contribution in [1.82, 2.24) is 19.9 Å². The number of hydrogen-bond acceptors (Lipinski definition) is 6. The van der Waals surface area contributed by atoms with Crippen LogP contribution in [-0.4, -0.2) is 51.3 Å². The third-order valence-electron chi connectivity index (χ3n) is 5.52. The summed E-state index contributed by atoms with van der Waals surface area (Å²) in [4.78, 5) is 44.5. The molecule has 8 nitrogen and oxygen atoms in total. The molecular formula is C21H21ClN4O4. The second-order valence-electron chi connectivity index (χ2n) is 7.50. The summed E-state index contributed by atoms with van der Waals surface area (Å²) in [6, 6.07) is 7.03. The van der Waals surface area contributed by atoms with Crippen LogP contribution in [0.3, 0.4) is 0 Å². The molecule has 2 heterocycles. The Hall–Kier alpha value is -3.00. The van der Waals surface area contributed by atoms with E-state index in [1.807, 2.05) is 12.2 Å². The van der Waals surface area contributed by atoms with Gasteiger partial charge in [0.15, 0.2) is 0 Å². The van der Waals surface area contributed by atoms with E-state index in [1.165, 1.54) is 9.80 Å². The van der Waals surface area contributed by atoms with Crippen LogP contribution in [0, 0.1) is 11.8 Å². The van der Waals surface area contributed by atoms with Crippen LogP contribution in [0.1, 0.15) is 25.2 Å². The third-order valence-corrected chi connectivity index (χ3v) is 5.77. The number of carbonyl (C=O) groups is 3. The predicted octanol–water partition coefficient (Wildman–Crippen LogP) is 2.69. The van der Waals surface area contributed by atoms with Crippen LogP contribution in [0.5, 0.6) is 0 Å². The quantitative estimate of drug-likeness (QED) is 0.518. The number of aromatic nitrogens is 2. The van der Waals surface area contributed by atoms with Gasteiger partial charge in [0.05, 0.1) is 18.4 Å². The summed E-state index contributed by atoms with van der Waals surface area (Å²) in [6.45, 7) is 0.226. The molecule has 30 heavy (non-hydrogen) atoms. The summed E-state index contributed by atoms with van der Waals surface area (Å²) in [7, 11) is 1.62. The first-order chi connectivity index (χ1) is 14.4. The molecule has 1 aliphatic carbocycles. The van der Waals surface area contributed by atoms with E-state index >= 15 is 0 Å². The van der Waals surface area contributed by atoms with Crippen molar-refractivity contribution in [2.24, 2.45) is 11.8 Å². The Morgan fingerprint density at radius 2 is 1.80 bits per heavy atom. The van der Waals surface area contributed by atoms with Crippen molar-refractivity contribution >= 4 is 29.3 Å². The van der Waals surface area contributed by atoms with Gasteiger partial charge in [-0.15, -0.1) is 0 Å². The number of rotatable bonds is 6. The van der Waals surface area contributed by atoms with Crippen molar-refractivity contribution in [2.45, 2.75) is 25.8 Å². The van der Waals surface area contributed by atoms with E-state index in [2.05, 4.69) is 10.1 Å². The zero-order valence-electron chi connectivity index (χ0n) is 16.5. The fourth-order valence-corrected chi connectivity index (χ4v) is 3.94. The molecule has 2 aliphatic rings. The molecule has 0 radical (unpaired) electrons. The Kier molecular flexibility index (Phi) is 5.67. The Bertz CT molecular complexity index is 975. The molecule has 4 rings (SSSR count). The first-order valence-corrected chi connectivity index (χ1v) is 10.1. The predicted molar refractivity (Wildman–Crippen MR) is 108 cm³/mol. The maximum atomic E-state index is 12.5. The Balaban J connectivity index is 1.32. The number of hydrogen-bond donors (Lipinski definition) is 0. The molecule has 2 atom stereocenters. The number of amides is 3. The van der Waals surface area contributed by atoms with Gasteiger partial charge in [0.2, 0.25) is 29.4 Å². The maximum Gasteiger partial charge on any atom is 0.246 e. The van der Waals surface area contributed by atoms with Crippen molar-refractivity contribution in [2.75, 3.05) is 13.6 Å². The van der Waals surface area contributed by atoms with Crippen LogP contribution in [0.2, 0.25) is 5.02 Å². The Morgan fingerprint density at radius 1 is 1.17 bits per heavy atom. The molecule has 1 aromatic heterocycles. The average molecular weight is 429 g/mol. The SMILES string of the molecule is CN(Cc1nc(-c2ccc(Cl)cc2)no1)C(=O)CCN1C(=O)[C@H]2CC=CC[C@@H]2C1=O. The molecule has 0 saturated carbocycles. The minimum Gasteiger partial charge on any atom is -0.337 e. The van der Waals surface area contributed by atoms with Crippen LogP contribution >= 0.6 is 11.6 Å². The van der Waals surface area contributed by atoms with E-state index in [9.17, 15) is 14.4 Å².